The predicted molar refractivity (Wildman–Crippen MR) is 133 cm³/mol. The number of likely N-dealkylation sites (tertiary alicyclic amines) is 1. The standard InChI is InChI=1S/C25H31ClN6O2/c1-5-34-25(33)32-8-6-18(7-9-32)20-11-15(2)19(10-16(20)3)13-22-27-14-21(26)24(28-22)29-23-12-17(4)30-31-23/h10-12,14,18H,5-9,13H2,1-4H3,(H2,27,28,29,30,31). The number of ether oxygens (including phenoxy) is 1. The van der Waals surface area contributed by atoms with Crippen molar-refractivity contribution in [3.05, 3.63) is 63.2 Å². The second-order valence-electron chi connectivity index (χ2n) is 8.82. The molecule has 1 aliphatic heterocycles. The van der Waals surface area contributed by atoms with Gasteiger partial charge in [0, 0.05) is 31.3 Å². The molecule has 0 spiro atoms. The molecule has 1 saturated heterocycles. The van der Waals surface area contributed by atoms with Gasteiger partial charge in [0.25, 0.3) is 0 Å². The number of anilines is 2. The highest BCUT2D eigenvalue weighted by atomic mass is 35.5. The van der Waals surface area contributed by atoms with Crippen LogP contribution in [0.15, 0.2) is 24.4 Å². The second kappa shape index (κ2) is 10.4. The van der Waals surface area contributed by atoms with E-state index in [0.717, 1.165) is 31.6 Å². The highest BCUT2D eigenvalue weighted by Crippen LogP contribution is 2.33. The number of aromatic amines is 1. The number of rotatable bonds is 6. The summed E-state index contributed by atoms with van der Waals surface area (Å²) in [5.74, 6) is 2.34. The lowest BCUT2D eigenvalue weighted by molar-refractivity contribution is 0.0970. The summed E-state index contributed by atoms with van der Waals surface area (Å²) in [7, 11) is 0. The molecule has 9 heteroatoms. The van der Waals surface area contributed by atoms with Gasteiger partial charge in [-0.15, -0.1) is 0 Å². The second-order valence-corrected chi connectivity index (χ2v) is 9.22. The maximum absolute atomic E-state index is 12.0. The monoisotopic (exact) mass is 482 g/mol. The third kappa shape index (κ3) is 5.50. The Bertz CT molecular complexity index is 1170. The van der Waals surface area contributed by atoms with E-state index in [1.165, 1.54) is 22.3 Å². The molecule has 1 aliphatic rings. The van der Waals surface area contributed by atoms with Crippen molar-refractivity contribution in [2.75, 3.05) is 25.0 Å². The Morgan fingerprint density at radius 2 is 1.97 bits per heavy atom. The molecule has 0 saturated carbocycles. The lowest BCUT2D eigenvalue weighted by Crippen LogP contribution is -2.38. The van der Waals surface area contributed by atoms with E-state index in [0.29, 0.717) is 41.4 Å². The molecular formula is C25H31ClN6O2. The van der Waals surface area contributed by atoms with Crippen molar-refractivity contribution in [3.8, 4) is 0 Å². The summed E-state index contributed by atoms with van der Waals surface area (Å²) in [5, 5.41) is 10.7. The Balaban J connectivity index is 1.46. The minimum absolute atomic E-state index is 0.205. The number of benzene rings is 1. The van der Waals surface area contributed by atoms with Gasteiger partial charge in [-0.2, -0.15) is 5.10 Å². The summed E-state index contributed by atoms with van der Waals surface area (Å²) in [6.45, 7) is 9.94. The fraction of sp³-hybridized carbons (Fsp3) is 0.440. The van der Waals surface area contributed by atoms with Crippen molar-refractivity contribution in [2.24, 2.45) is 0 Å². The lowest BCUT2D eigenvalue weighted by atomic mass is 9.84. The van der Waals surface area contributed by atoms with Crippen LogP contribution in [-0.2, 0) is 11.2 Å². The van der Waals surface area contributed by atoms with Crippen molar-refractivity contribution < 1.29 is 9.53 Å². The number of carbonyl (C=O) groups excluding carboxylic acids is 1. The van der Waals surface area contributed by atoms with Gasteiger partial charge in [-0.25, -0.2) is 14.8 Å². The van der Waals surface area contributed by atoms with E-state index in [4.69, 9.17) is 16.3 Å². The molecule has 0 aliphatic carbocycles. The van der Waals surface area contributed by atoms with Gasteiger partial charge in [0.15, 0.2) is 11.6 Å². The van der Waals surface area contributed by atoms with E-state index in [1.807, 2.05) is 24.8 Å². The van der Waals surface area contributed by atoms with Crippen LogP contribution in [0.4, 0.5) is 16.4 Å². The number of aromatic nitrogens is 4. The number of piperidine rings is 1. The van der Waals surface area contributed by atoms with Gasteiger partial charge >= 0.3 is 6.09 Å². The molecule has 2 N–H and O–H groups in total. The molecule has 2 aromatic heterocycles. The Morgan fingerprint density at radius 1 is 1.21 bits per heavy atom. The largest absolute Gasteiger partial charge is 0.450 e. The zero-order valence-electron chi connectivity index (χ0n) is 20.1. The van der Waals surface area contributed by atoms with Crippen LogP contribution in [0.25, 0.3) is 0 Å². The summed E-state index contributed by atoms with van der Waals surface area (Å²) in [4.78, 5) is 22.9. The van der Waals surface area contributed by atoms with E-state index in [1.54, 1.807) is 6.20 Å². The van der Waals surface area contributed by atoms with Crippen LogP contribution in [0.5, 0.6) is 0 Å². The third-order valence-corrected chi connectivity index (χ3v) is 6.56. The molecule has 0 bridgehead atoms. The normalized spacial score (nSPS) is 14.3. The minimum Gasteiger partial charge on any atom is -0.450 e. The molecule has 1 amide bonds. The Morgan fingerprint density at radius 3 is 2.65 bits per heavy atom. The quantitative estimate of drug-likeness (QED) is 0.485. The smallest absolute Gasteiger partial charge is 0.409 e. The molecular weight excluding hydrogens is 452 g/mol. The summed E-state index contributed by atoms with van der Waals surface area (Å²) in [6, 6.07) is 6.42. The van der Waals surface area contributed by atoms with Gasteiger partial charge < -0.3 is 15.0 Å². The number of nitrogens with one attached hydrogen (secondary N) is 2. The van der Waals surface area contributed by atoms with Gasteiger partial charge in [-0.05, 0) is 68.7 Å². The summed E-state index contributed by atoms with van der Waals surface area (Å²) >= 11 is 6.31. The van der Waals surface area contributed by atoms with Crippen LogP contribution >= 0.6 is 11.6 Å². The summed E-state index contributed by atoms with van der Waals surface area (Å²) in [5.41, 5.74) is 5.97. The molecule has 180 valence electrons. The molecule has 1 fully saturated rings. The van der Waals surface area contributed by atoms with Crippen LogP contribution in [0.2, 0.25) is 5.02 Å². The van der Waals surface area contributed by atoms with Gasteiger partial charge in [-0.3, -0.25) is 5.10 Å². The van der Waals surface area contributed by atoms with Gasteiger partial charge in [0.2, 0.25) is 0 Å². The SMILES string of the molecule is CCOC(=O)N1CCC(c2cc(C)c(Cc3ncc(Cl)c(Nc4cc(C)[nH]n4)n3)cc2C)CC1. The summed E-state index contributed by atoms with van der Waals surface area (Å²) in [6.07, 6.45) is 3.92. The highest BCUT2D eigenvalue weighted by molar-refractivity contribution is 6.32. The van der Waals surface area contributed by atoms with E-state index >= 15 is 0 Å². The van der Waals surface area contributed by atoms with Crippen LogP contribution in [0, 0.1) is 20.8 Å². The molecule has 1 aromatic carbocycles. The topological polar surface area (TPSA) is 96.0 Å². The zero-order chi connectivity index (χ0) is 24.2. The van der Waals surface area contributed by atoms with E-state index in [2.05, 4.69) is 51.5 Å². The zero-order valence-corrected chi connectivity index (χ0v) is 20.9. The van der Waals surface area contributed by atoms with Crippen molar-refractivity contribution >= 4 is 29.3 Å². The van der Waals surface area contributed by atoms with E-state index in [9.17, 15) is 4.79 Å². The van der Waals surface area contributed by atoms with Crippen LogP contribution < -0.4 is 5.32 Å². The molecule has 34 heavy (non-hydrogen) atoms. The van der Waals surface area contributed by atoms with Crippen LogP contribution in [-0.4, -0.2) is 50.9 Å². The molecule has 0 unspecified atom stereocenters. The van der Waals surface area contributed by atoms with E-state index < -0.39 is 0 Å². The fourth-order valence-corrected chi connectivity index (χ4v) is 4.60. The number of halogens is 1. The van der Waals surface area contributed by atoms with Gasteiger partial charge in [0.05, 0.1) is 12.8 Å². The molecule has 0 radical (unpaired) electrons. The third-order valence-electron chi connectivity index (χ3n) is 6.28. The van der Waals surface area contributed by atoms with Crippen molar-refractivity contribution in [3.63, 3.8) is 0 Å². The van der Waals surface area contributed by atoms with Gasteiger partial charge in [0.1, 0.15) is 10.8 Å². The Hall–Kier alpha value is -3.13. The first-order valence-electron chi connectivity index (χ1n) is 11.7. The molecule has 3 aromatic rings. The predicted octanol–water partition coefficient (Wildman–Crippen LogP) is 5.45. The maximum atomic E-state index is 12.0. The van der Waals surface area contributed by atoms with Crippen molar-refractivity contribution in [1.29, 1.82) is 0 Å². The number of hydrogen-bond donors (Lipinski definition) is 2. The minimum atomic E-state index is -0.205. The Labute approximate surface area is 205 Å². The number of H-pyrrole nitrogens is 1. The maximum Gasteiger partial charge on any atom is 0.409 e. The first-order chi connectivity index (χ1) is 16.3. The number of carbonyl (C=O) groups is 1. The number of amides is 1. The summed E-state index contributed by atoms with van der Waals surface area (Å²) < 4.78 is 5.14. The lowest BCUT2D eigenvalue weighted by Gasteiger charge is -2.32. The van der Waals surface area contributed by atoms with Crippen LogP contribution in [0.1, 0.15) is 59.5 Å². The molecule has 4 rings (SSSR count). The highest BCUT2D eigenvalue weighted by Gasteiger charge is 2.26. The van der Waals surface area contributed by atoms with Crippen molar-refractivity contribution in [2.45, 2.75) is 52.9 Å². The first kappa shape index (κ1) is 24.0. The number of aryl methyl sites for hydroxylation is 3. The molecule has 3 heterocycles. The fourth-order valence-electron chi connectivity index (χ4n) is 4.47. The number of nitrogens with zero attached hydrogens (tertiary/aromatic N) is 4. The Kier molecular flexibility index (Phi) is 7.36. The average molecular weight is 483 g/mol. The van der Waals surface area contributed by atoms with Crippen molar-refractivity contribution in [1.82, 2.24) is 25.1 Å². The van der Waals surface area contributed by atoms with Gasteiger partial charge in [-0.1, -0.05) is 23.7 Å². The average Bonchev–Trinajstić information content (AvgIpc) is 3.23. The molecule has 0 atom stereocenters. The first-order valence-corrected chi connectivity index (χ1v) is 12.0. The molecule has 8 nitrogen and oxygen atoms in total. The number of hydrogen-bond acceptors (Lipinski definition) is 6. The van der Waals surface area contributed by atoms with Crippen LogP contribution in [0.3, 0.4) is 0 Å². The van der Waals surface area contributed by atoms with E-state index in [-0.39, 0.29) is 6.09 Å².